The number of aliphatic hydroxyl groups excluding tert-OH is 1. The molecular formula is C19H31N3O. The number of nitrogens with zero attached hydrogens (tertiary/aromatic N) is 3. The van der Waals surface area contributed by atoms with Gasteiger partial charge in [-0.05, 0) is 37.3 Å². The predicted molar refractivity (Wildman–Crippen MR) is 93.2 cm³/mol. The summed E-state index contributed by atoms with van der Waals surface area (Å²) in [6.45, 7) is 5.77. The van der Waals surface area contributed by atoms with Crippen LogP contribution in [-0.4, -0.2) is 58.7 Å². The van der Waals surface area contributed by atoms with Crippen molar-refractivity contribution in [3.63, 3.8) is 0 Å². The van der Waals surface area contributed by atoms with Crippen LogP contribution in [0.2, 0.25) is 0 Å². The molecule has 0 amide bonds. The SMILES string of the molecule is OCC[C@H]1CN(Cc2ccccn2)CCN1CC1CCCCC1. The van der Waals surface area contributed by atoms with Crippen molar-refractivity contribution in [3.8, 4) is 0 Å². The van der Waals surface area contributed by atoms with Crippen LogP contribution in [0.4, 0.5) is 0 Å². The molecule has 1 aliphatic heterocycles. The summed E-state index contributed by atoms with van der Waals surface area (Å²) in [5, 5.41) is 9.46. The molecule has 1 aromatic rings. The van der Waals surface area contributed by atoms with Crippen molar-refractivity contribution in [3.05, 3.63) is 30.1 Å². The van der Waals surface area contributed by atoms with Gasteiger partial charge < -0.3 is 5.11 Å². The van der Waals surface area contributed by atoms with Crippen LogP contribution >= 0.6 is 0 Å². The number of aliphatic hydroxyl groups is 1. The van der Waals surface area contributed by atoms with Gasteiger partial charge in [-0.15, -0.1) is 0 Å². The van der Waals surface area contributed by atoms with Crippen LogP contribution in [0.5, 0.6) is 0 Å². The minimum absolute atomic E-state index is 0.295. The number of aromatic nitrogens is 1. The number of pyridine rings is 1. The molecule has 1 saturated carbocycles. The van der Waals surface area contributed by atoms with Gasteiger partial charge in [-0.1, -0.05) is 25.3 Å². The largest absolute Gasteiger partial charge is 0.396 e. The summed E-state index contributed by atoms with van der Waals surface area (Å²) in [5.74, 6) is 0.882. The Morgan fingerprint density at radius 1 is 1.13 bits per heavy atom. The maximum atomic E-state index is 9.46. The Morgan fingerprint density at radius 3 is 2.74 bits per heavy atom. The van der Waals surface area contributed by atoms with E-state index in [1.807, 2.05) is 12.3 Å². The molecule has 1 aromatic heterocycles. The maximum Gasteiger partial charge on any atom is 0.0543 e. The van der Waals surface area contributed by atoms with Gasteiger partial charge in [0, 0.05) is 51.6 Å². The van der Waals surface area contributed by atoms with E-state index >= 15 is 0 Å². The van der Waals surface area contributed by atoms with Gasteiger partial charge in [0.2, 0.25) is 0 Å². The second-order valence-corrected chi connectivity index (χ2v) is 7.22. The van der Waals surface area contributed by atoms with Gasteiger partial charge in [0.05, 0.1) is 5.69 Å². The zero-order chi connectivity index (χ0) is 15.9. The molecule has 1 aliphatic carbocycles. The minimum atomic E-state index is 0.295. The van der Waals surface area contributed by atoms with Gasteiger partial charge in [0.25, 0.3) is 0 Å². The lowest BCUT2D eigenvalue weighted by atomic mass is 9.88. The lowest BCUT2D eigenvalue weighted by Crippen LogP contribution is -2.54. The van der Waals surface area contributed by atoms with Crippen molar-refractivity contribution in [2.24, 2.45) is 5.92 Å². The number of piperazine rings is 1. The van der Waals surface area contributed by atoms with Crippen molar-refractivity contribution in [2.45, 2.75) is 51.1 Å². The van der Waals surface area contributed by atoms with Gasteiger partial charge in [0.1, 0.15) is 0 Å². The Kier molecular flexibility index (Phi) is 6.43. The summed E-state index contributed by atoms with van der Waals surface area (Å²) in [6, 6.07) is 6.64. The van der Waals surface area contributed by atoms with Crippen LogP contribution in [-0.2, 0) is 6.54 Å². The number of hydrogen-bond donors (Lipinski definition) is 1. The summed E-state index contributed by atoms with van der Waals surface area (Å²) in [5.41, 5.74) is 1.15. The van der Waals surface area contributed by atoms with Gasteiger partial charge in [-0.2, -0.15) is 0 Å². The molecule has 1 atom stereocenters. The number of rotatable bonds is 6. The standard InChI is InChI=1S/C19H31N3O/c23-13-9-19-16-21(15-18-8-4-5-10-20-18)11-12-22(19)14-17-6-2-1-3-7-17/h4-5,8,10,17,19,23H,1-3,6-7,9,11-16H2/t19-/m0/s1. The molecule has 1 saturated heterocycles. The van der Waals surface area contributed by atoms with E-state index in [-0.39, 0.29) is 0 Å². The molecule has 23 heavy (non-hydrogen) atoms. The molecule has 1 N–H and O–H groups in total. The molecule has 0 bridgehead atoms. The van der Waals surface area contributed by atoms with Crippen molar-refractivity contribution in [1.82, 2.24) is 14.8 Å². The van der Waals surface area contributed by atoms with Crippen LogP contribution in [0.3, 0.4) is 0 Å². The first kappa shape index (κ1) is 16.9. The fraction of sp³-hybridized carbons (Fsp3) is 0.737. The van der Waals surface area contributed by atoms with E-state index in [1.54, 1.807) is 0 Å². The first-order valence-corrected chi connectivity index (χ1v) is 9.32. The summed E-state index contributed by atoms with van der Waals surface area (Å²) in [4.78, 5) is 9.61. The van der Waals surface area contributed by atoms with Crippen LogP contribution in [0.1, 0.15) is 44.2 Å². The third-order valence-corrected chi connectivity index (χ3v) is 5.48. The van der Waals surface area contributed by atoms with E-state index in [0.29, 0.717) is 12.6 Å². The Labute approximate surface area is 140 Å². The topological polar surface area (TPSA) is 39.6 Å². The van der Waals surface area contributed by atoms with Crippen molar-refractivity contribution >= 4 is 0 Å². The quantitative estimate of drug-likeness (QED) is 0.875. The Morgan fingerprint density at radius 2 is 2.00 bits per heavy atom. The maximum absolute atomic E-state index is 9.46. The van der Waals surface area contributed by atoms with Gasteiger partial charge in [-0.25, -0.2) is 0 Å². The zero-order valence-electron chi connectivity index (χ0n) is 14.2. The molecule has 4 nitrogen and oxygen atoms in total. The summed E-state index contributed by atoms with van der Waals surface area (Å²) >= 11 is 0. The Balaban J connectivity index is 1.54. The highest BCUT2D eigenvalue weighted by Gasteiger charge is 2.28. The predicted octanol–water partition coefficient (Wildman–Crippen LogP) is 2.53. The molecule has 128 valence electrons. The molecule has 2 heterocycles. The highest BCUT2D eigenvalue weighted by Crippen LogP contribution is 2.26. The van der Waals surface area contributed by atoms with Gasteiger partial charge >= 0.3 is 0 Å². The summed E-state index contributed by atoms with van der Waals surface area (Å²) in [6.07, 6.45) is 9.82. The van der Waals surface area contributed by atoms with Crippen LogP contribution in [0.25, 0.3) is 0 Å². The van der Waals surface area contributed by atoms with E-state index in [4.69, 9.17) is 0 Å². The molecule has 2 fully saturated rings. The van der Waals surface area contributed by atoms with E-state index in [9.17, 15) is 5.11 Å². The van der Waals surface area contributed by atoms with Gasteiger partial charge in [0.15, 0.2) is 0 Å². The third-order valence-electron chi connectivity index (χ3n) is 5.48. The first-order chi connectivity index (χ1) is 11.3. The van der Waals surface area contributed by atoms with Gasteiger partial charge in [-0.3, -0.25) is 14.8 Å². The molecule has 2 aliphatic rings. The van der Waals surface area contributed by atoms with E-state index in [2.05, 4.69) is 26.9 Å². The Hall–Kier alpha value is -0.970. The van der Waals surface area contributed by atoms with Crippen LogP contribution in [0, 0.1) is 5.92 Å². The normalized spacial score (nSPS) is 24.8. The molecule has 0 aromatic carbocycles. The highest BCUT2D eigenvalue weighted by atomic mass is 16.3. The Bertz CT molecular complexity index is 447. The summed E-state index contributed by atoms with van der Waals surface area (Å²) in [7, 11) is 0. The lowest BCUT2D eigenvalue weighted by Gasteiger charge is -2.43. The molecule has 3 rings (SSSR count). The third kappa shape index (κ3) is 5.00. The molecule has 0 radical (unpaired) electrons. The minimum Gasteiger partial charge on any atom is -0.396 e. The number of hydrogen-bond acceptors (Lipinski definition) is 4. The van der Waals surface area contributed by atoms with E-state index in [1.165, 1.54) is 38.6 Å². The monoisotopic (exact) mass is 317 g/mol. The molecular weight excluding hydrogens is 286 g/mol. The average molecular weight is 317 g/mol. The van der Waals surface area contributed by atoms with Crippen molar-refractivity contribution < 1.29 is 5.11 Å². The fourth-order valence-electron chi connectivity index (χ4n) is 4.19. The average Bonchev–Trinajstić information content (AvgIpc) is 2.59. The second-order valence-electron chi connectivity index (χ2n) is 7.22. The van der Waals surface area contributed by atoms with Crippen molar-refractivity contribution in [1.29, 1.82) is 0 Å². The van der Waals surface area contributed by atoms with E-state index in [0.717, 1.165) is 44.2 Å². The lowest BCUT2D eigenvalue weighted by molar-refractivity contribution is 0.0395. The van der Waals surface area contributed by atoms with E-state index < -0.39 is 0 Å². The highest BCUT2D eigenvalue weighted by molar-refractivity contribution is 5.03. The second kappa shape index (κ2) is 8.76. The summed E-state index contributed by atoms with van der Waals surface area (Å²) < 4.78 is 0. The smallest absolute Gasteiger partial charge is 0.0543 e. The van der Waals surface area contributed by atoms with Crippen LogP contribution < -0.4 is 0 Å². The molecule has 0 spiro atoms. The molecule has 4 heteroatoms. The molecule has 0 unspecified atom stereocenters. The fourth-order valence-corrected chi connectivity index (χ4v) is 4.19. The first-order valence-electron chi connectivity index (χ1n) is 9.32. The zero-order valence-corrected chi connectivity index (χ0v) is 14.2. The van der Waals surface area contributed by atoms with Crippen LogP contribution in [0.15, 0.2) is 24.4 Å². The van der Waals surface area contributed by atoms with Crippen molar-refractivity contribution in [2.75, 3.05) is 32.8 Å².